The van der Waals surface area contributed by atoms with E-state index in [9.17, 15) is 4.79 Å². The summed E-state index contributed by atoms with van der Waals surface area (Å²) in [7, 11) is 0. The number of nitrogens with one attached hydrogen (secondary N) is 1. The molecule has 0 aliphatic heterocycles. The van der Waals surface area contributed by atoms with Crippen LogP contribution in [0.1, 0.15) is 6.92 Å². The molecule has 0 aliphatic carbocycles. The predicted octanol–water partition coefficient (Wildman–Crippen LogP) is -0.348. The number of aliphatic carboxylic acids is 1. The first-order chi connectivity index (χ1) is 7.68. The fourth-order valence-electron chi connectivity index (χ4n) is 1.14. The molecule has 1 unspecified atom stereocenters. The Morgan fingerprint density at radius 3 is 3.19 bits per heavy atom. The van der Waals surface area contributed by atoms with Crippen molar-refractivity contribution in [3.8, 4) is 0 Å². The average molecular weight is 222 g/mol. The Morgan fingerprint density at radius 2 is 2.44 bits per heavy atom. The summed E-state index contributed by atoms with van der Waals surface area (Å²) in [6.07, 6.45) is 3.06. The molecule has 2 N–H and O–H groups in total. The molecule has 0 aliphatic rings. The van der Waals surface area contributed by atoms with Crippen LogP contribution in [0.15, 0.2) is 12.4 Å². The molecular weight excluding hydrogens is 212 g/mol. The molecule has 2 aromatic rings. The lowest BCUT2D eigenvalue weighted by Crippen LogP contribution is -2.20. The second kappa shape index (κ2) is 4.09. The van der Waals surface area contributed by atoms with Crippen molar-refractivity contribution in [2.75, 3.05) is 11.9 Å². The van der Waals surface area contributed by atoms with Crippen LogP contribution in [-0.2, 0) is 4.79 Å². The number of rotatable bonds is 4. The Hall–Kier alpha value is -2.25. The minimum Gasteiger partial charge on any atom is -0.481 e. The Balaban J connectivity index is 2.15. The predicted molar refractivity (Wildman–Crippen MR) is 53.9 cm³/mol. The van der Waals surface area contributed by atoms with E-state index >= 15 is 0 Å². The quantitative estimate of drug-likeness (QED) is 0.728. The second-order valence-electron chi connectivity index (χ2n) is 3.36. The van der Waals surface area contributed by atoms with Crippen molar-refractivity contribution in [1.29, 1.82) is 0 Å². The van der Waals surface area contributed by atoms with Crippen molar-refractivity contribution in [2.45, 2.75) is 6.92 Å². The molecule has 0 radical (unpaired) electrons. The van der Waals surface area contributed by atoms with Gasteiger partial charge in [-0.05, 0) is 10.4 Å². The number of fused-ring (bicyclic) bond motifs is 1. The molecule has 2 rings (SSSR count). The van der Waals surface area contributed by atoms with E-state index in [-0.39, 0.29) is 6.54 Å². The fraction of sp³-hybridized carbons (Fsp3) is 0.375. The molecule has 8 nitrogen and oxygen atoms in total. The Labute approximate surface area is 90.3 Å². The summed E-state index contributed by atoms with van der Waals surface area (Å²) >= 11 is 0. The number of aromatic nitrogens is 5. The van der Waals surface area contributed by atoms with Gasteiger partial charge in [-0.1, -0.05) is 6.92 Å². The average Bonchev–Trinajstić information content (AvgIpc) is 2.73. The number of tetrazole rings is 1. The van der Waals surface area contributed by atoms with Crippen LogP contribution in [-0.4, -0.2) is 42.6 Å². The van der Waals surface area contributed by atoms with Crippen LogP contribution in [0.2, 0.25) is 0 Å². The van der Waals surface area contributed by atoms with Gasteiger partial charge in [-0.15, -0.1) is 5.10 Å². The molecule has 0 aromatic carbocycles. The van der Waals surface area contributed by atoms with E-state index < -0.39 is 11.9 Å². The first kappa shape index (κ1) is 10.3. The van der Waals surface area contributed by atoms with Crippen molar-refractivity contribution >= 4 is 17.4 Å². The lowest BCUT2D eigenvalue weighted by atomic mass is 10.2. The van der Waals surface area contributed by atoms with Crippen LogP contribution in [0.25, 0.3) is 5.65 Å². The lowest BCUT2D eigenvalue weighted by Gasteiger charge is -2.09. The Morgan fingerprint density at radius 1 is 1.62 bits per heavy atom. The highest BCUT2D eigenvalue weighted by atomic mass is 16.4. The van der Waals surface area contributed by atoms with Gasteiger partial charge in [0.15, 0.2) is 5.65 Å². The van der Waals surface area contributed by atoms with E-state index in [0.717, 1.165) is 0 Å². The summed E-state index contributed by atoms with van der Waals surface area (Å²) in [4.78, 5) is 14.6. The fourth-order valence-corrected chi connectivity index (χ4v) is 1.14. The third-order valence-corrected chi connectivity index (χ3v) is 2.12. The van der Waals surface area contributed by atoms with Gasteiger partial charge < -0.3 is 10.4 Å². The van der Waals surface area contributed by atoms with E-state index in [0.29, 0.717) is 11.5 Å². The molecule has 0 bridgehead atoms. The van der Waals surface area contributed by atoms with Crippen molar-refractivity contribution in [3.63, 3.8) is 0 Å². The zero-order chi connectivity index (χ0) is 11.5. The van der Waals surface area contributed by atoms with Gasteiger partial charge in [0.25, 0.3) is 0 Å². The number of carboxylic acids is 1. The summed E-state index contributed by atoms with van der Waals surface area (Å²) in [5.41, 5.74) is 0.507. The van der Waals surface area contributed by atoms with Gasteiger partial charge in [-0.25, -0.2) is 0 Å². The topological polar surface area (TPSA) is 105 Å². The van der Waals surface area contributed by atoms with Crippen LogP contribution in [0.4, 0.5) is 5.82 Å². The maximum Gasteiger partial charge on any atom is 0.308 e. The highest BCUT2D eigenvalue weighted by Crippen LogP contribution is 2.06. The standard InChI is InChI=1S/C8H10N6O2/c1-5(8(15)16)2-10-6-3-9-4-7-11-12-13-14(6)7/h3-5,10H,2H2,1H3,(H,15,16). The zero-order valence-electron chi connectivity index (χ0n) is 8.53. The lowest BCUT2D eigenvalue weighted by molar-refractivity contribution is -0.140. The number of nitrogens with zero attached hydrogens (tertiary/aromatic N) is 5. The smallest absolute Gasteiger partial charge is 0.308 e. The van der Waals surface area contributed by atoms with E-state index in [1.54, 1.807) is 6.92 Å². The SMILES string of the molecule is CC(CNc1cncc2nnnn12)C(=O)O. The number of hydrogen-bond donors (Lipinski definition) is 2. The van der Waals surface area contributed by atoms with Gasteiger partial charge in [0.1, 0.15) is 5.82 Å². The summed E-state index contributed by atoms with van der Waals surface area (Å²) in [5.74, 6) is -0.785. The molecule has 0 saturated heterocycles. The highest BCUT2D eigenvalue weighted by Gasteiger charge is 2.11. The molecule has 1 atom stereocenters. The molecule has 0 spiro atoms. The molecular formula is C8H10N6O2. The Bertz CT molecular complexity index is 510. The third kappa shape index (κ3) is 1.90. The monoisotopic (exact) mass is 222 g/mol. The van der Waals surface area contributed by atoms with Crippen LogP contribution in [0, 0.1) is 5.92 Å². The minimum absolute atomic E-state index is 0.288. The molecule has 16 heavy (non-hydrogen) atoms. The molecule has 84 valence electrons. The first-order valence-corrected chi connectivity index (χ1v) is 4.67. The van der Waals surface area contributed by atoms with Gasteiger partial charge in [0.05, 0.1) is 18.3 Å². The Kier molecular flexibility index (Phi) is 2.63. The number of carboxylic acid groups (broad SMARTS) is 1. The van der Waals surface area contributed by atoms with E-state index in [1.807, 2.05) is 0 Å². The van der Waals surface area contributed by atoms with Crippen molar-refractivity contribution < 1.29 is 9.90 Å². The molecule has 0 fully saturated rings. The number of anilines is 1. The summed E-state index contributed by atoms with van der Waals surface area (Å²) in [5, 5.41) is 22.6. The first-order valence-electron chi connectivity index (χ1n) is 4.67. The zero-order valence-corrected chi connectivity index (χ0v) is 8.53. The molecule has 8 heteroatoms. The van der Waals surface area contributed by atoms with Gasteiger partial charge in [0, 0.05) is 6.54 Å². The largest absolute Gasteiger partial charge is 0.481 e. The third-order valence-electron chi connectivity index (χ3n) is 2.12. The van der Waals surface area contributed by atoms with Crippen molar-refractivity contribution in [1.82, 2.24) is 25.0 Å². The normalized spacial score (nSPS) is 12.6. The van der Waals surface area contributed by atoms with Gasteiger partial charge in [-0.2, -0.15) is 4.52 Å². The minimum atomic E-state index is -0.857. The van der Waals surface area contributed by atoms with Gasteiger partial charge in [-0.3, -0.25) is 9.78 Å². The van der Waals surface area contributed by atoms with E-state index in [1.165, 1.54) is 16.9 Å². The summed E-state index contributed by atoms with van der Waals surface area (Å²) in [6.45, 7) is 1.90. The second-order valence-corrected chi connectivity index (χ2v) is 3.36. The summed E-state index contributed by atoms with van der Waals surface area (Å²) < 4.78 is 1.46. The molecule has 2 aromatic heterocycles. The van der Waals surface area contributed by atoms with Crippen LogP contribution < -0.4 is 5.32 Å². The van der Waals surface area contributed by atoms with E-state index in [4.69, 9.17) is 5.11 Å². The number of carbonyl (C=O) groups is 1. The van der Waals surface area contributed by atoms with Crippen LogP contribution in [0.5, 0.6) is 0 Å². The maximum absolute atomic E-state index is 10.6. The van der Waals surface area contributed by atoms with E-state index in [2.05, 4.69) is 25.8 Å². The van der Waals surface area contributed by atoms with Crippen molar-refractivity contribution in [2.24, 2.45) is 5.92 Å². The van der Waals surface area contributed by atoms with Gasteiger partial charge >= 0.3 is 5.97 Å². The maximum atomic E-state index is 10.6. The highest BCUT2D eigenvalue weighted by molar-refractivity contribution is 5.70. The van der Waals surface area contributed by atoms with Crippen LogP contribution >= 0.6 is 0 Å². The molecule has 0 amide bonds. The van der Waals surface area contributed by atoms with Gasteiger partial charge in [0.2, 0.25) is 0 Å². The number of hydrogen-bond acceptors (Lipinski definition) is 6. The summed E-state index contributed by atoms with van der Waals surface area (Å²) in [6, 6.07) is 0. The van der Waals surface area contributed by atoms with Crippen molar-refractivity contribution in [3.05, 3.63) is 12.4 Å². The molecule has 0 saturated carbocycles. The van der Waals surface area contributed by atoms with Crippen LogP contribution in [0.3, 0.4) is 0 Å². The molecule has 2 heterocycles.